The predicted molar refractivity (Wildman–Crippen MR) is 107 cm³/mol. The van der Waals surface area contributed by atoms with E-state index in [1.54, 1.807) is 38.4 Å². The minimum absolute atomic E-state index is 0.0601. The van der Waals surface area contributed by atoms with E-state index in [4.69, 9.17) is 18.8 Å². The fraction of sp³-hybridized carbons (Fsp3) is 0.450. The number of allylic oxidation sites excluding steroid dienone is 2. The summed E-state index contributed by atoms with van der Waals surface area (Å²) >= 11 is 0. The maximum Gasteiger partial charge on any atom is 0.602 e. The number of hydrogen-bond acceptors (Lipinski definition) is 8. The van der Waals surface area contributed by atoms with Crippen LogP contribution in [0.25, 0.3) is 0 Å². The number of rotatable bonds is 9. The number of hydrogen-bond donors (Lipinski definition) is 0. The fourth-order valence-corrected chi connectivity index (χ4v) is 2.65. The summed E-state index contributed by atoms with van der Waals surface area (Å²) in [4.78, 5) is 36.7. The van der Waals surface area contributed by atoms with Crippen LogP contribution in [0, 0.1) is 0 Å². The molecule has 1 saturated heterocycles. The van der Waals surface area contributed by atoms with Crippen LogP contribution in [0.15, 0.2) is 36.4 Å². The van der Waals surface area contributed by atoms with E-state index in [0.29, 0.717) is 24.2 Å². The standard InChI is InChI=1S/C20H26BNO7/c1-22-14-18(23)28-21(29-19(24)15-22)12-6-4-3-5-7-13-27-20(25)16-8-10-17(26-2)11-9-16/h4,6,8-11H,3,5,7,12-15H2,1-2H3/b6-4+. The maximum atomic E-state index is 11.9. The molecule has 8 nitrogen and oxygen atoms in total. The van der Waals surface area contributed by atoms with Crippen LogP contribution in [0.3, 0.4) is 0 Å². The van der Waals surface area contributed by atoms with Crippen LogP contribution in [-0.4, -0.2) is 63.8 Å². The van der Waals surface area contributed by atoms with Crippen LogP contribution >= 0.6 is 0 Å². The van der Waals surface area contributed by atoms with Crippen molar-refractivity contribution < 1.29 is 33.2 Å². The molecular formula is C20H26BNO7. The summed E-state index contributed by atoms with van der Waals surface area (Å²) in [5.41, 5.74) is 0.486. The van der Waals surface area contributed by atoms with Crippen LogP contribution in [0.1, 0.15) is 29.6 Å². The van der Waals surface area contributed by atoms with Gasteiger partial charge < -0.3 is 18.8 Å². The van der Waals surface area contributed by atoms with Gasteiger partial charge in [0.05, 0.1) is 32.4 Å². The Bertz CT molecular complexity index is 700. The molecule has 0 N–H and O–H groups in total. The Kier molecular flexibility index (Phi) is 9.23. The first-order valence-corrected chi connectivity index (χ1v) is 9.51. The molecule has 1 aromatic carbocycles. The van der Waals surface area contributed by atoms with Crippen molar-refractivity contribution in [2.24, 2.45) is 0 Å². The fourth-order valence-electron chi connectivity index (χ4n) is 2.65. The van der Waals surface area contributed by atoms with Gasteiger partial charge in [0, 0.05) is 6.32 Å². The molecule has 0 radical (unpaired) electrons. The molecule has 0 bridgehead atoms. The molecule has 1 heterocycles. The zero-order valence-corrected chi connectivity index (χ0v) is 16.8. The van der Waals surface area contributed by atoms with Crippen LogP contribution in [0.5, 0.6) is 5.75 Å². The molecule has 1 aromatic rings. The second kappa shape index (κ2) is 11.9. The highest BCUT2D eigenvalue weighted by molar-refractivity contribution is 6.49. The van der Waals surface area contributed by atoms with Gasteiger partial charge in [0.25, 0.3) is 0 Å². The Morgan fingerprint density at radius 2 is 1.76 bits per heavy atom. The molecule has 2 rings (SSSR count). The summed E-state index contributed by atoms with van der Waals surface area (Å²) in [6, 6.07) is 6.75. The first-order valence-electron chi connectivity index (χ1n) is 9.51. The highest BCUT2D eigenvalue weighted by Gasteiger charge is 2.30. The van der Waals surface area contributed by atoms with E-state index in [-0.39, 0.29) is 19.1 Å². The van der Waals surface area contributed by atoms with E-state index >= 15 is 0 Å². The maximum absolute atomic E-state index is 11.9. The van der Waals surface area contributed by atoms with Crippen molar-refractivity contribution in [1.29, 1.82) is 0 Å². The summed E-state index contributed by atoms with van der Waals surface area (Å²) in [6.07, 6.45) is 6.40. The van der Waals surface area contributed by atoms with Crippen LogP contribution < -0.4 is 4.74 Å². The van der Waals surface area contributed by atoms with Crippen molar-refractivity contribution in [3.05, 3.63) is 42.0 Å². The van der Waals surface area contributed by atoms with Crippen LogP contribution in [-0.2, 0) is 23.6 Å². The summed E-state index contributed by atoms with van der Waals surface area (Å²) in [6.45, 7) is 0.458. The van der Waals surface area contributed by atoms with Crippen molar-refractivity contribution in [3.8, 4) is 5.75 Å². The third-order valence-electron chi connectivity index (χ3n) is 4.14. The number of esters is 1. The van der Waals surface area contributed by atoms with Gasteiger partial charge in [-0.25, -0.2) is 4.79 Å². The van der Waals surface area contributed by atoms with E-state index in [1.165, 1.54) is 4.90 Å². The lowest BCUT2D eigenvalue weighted by Gasteiger charge is -2.21. The van der Waals surface area contributed by atoms with Crippen molar-refractivity contribution in [1.82, 2.24) is 4.90 Å². The zero-order chi connectivity index (χ0) is 21.1. The van der Waals surface area contributed by atoms with E-state index in [2.05, 4.69) is 0 Å². The number of benzene rings is 1. The third kappa shape index (κ3) is 8.39. The topological polar surface area (TPSA) is 91.4 Å². The van der Waals surface area contributed by atoms with Gasteiger partial charge in [-0.1, -0.05) is 12.2 Å². The molecule has 9 heteroatoms. The van der Waals surface area contributed by atoms with Gasteiger partial charge in [-0.15, -0.1) is 0 Å². The van der Waals surface area contributed by atoms with Gasteiger partial charge in [-0.3, -0.25) is 14.5 Å². The number of unbranched alkanes of at least 4 members (excludes halogenated alkanes) is 2. The molecule has 1 aliphatic heterocycles. The van der Waals surface area contributed by atoms with Crippen LogP contribution in [0.4, 0.5) is 0 Å². The minimum Gasteiger partial charge on any atom is -0.498 e. The zero-order valence-electron chi connectivity index (χ0n) is 16.8. The SMILES string of the molecule is COc1ccc(C(=O)OCCCC/C=C/CB2OC(=O)CN(C)CC(=O)O2)cc1. The molecular weight excluding hydrogens is 377 g/mol. The summed E-state index contributed by atoms with van der Waals surface area (Å²) < 4.78 is 20.5. The number of carbonyl (C=O) groups is 3. The number of ether oxygens (including phenoxy) is 2. The number of carbonyl (C=O) groups excluding carboxylic acids is 3. The van der Waals surface area contributed by atoms with Crippen LogP contribution in [0.2, 0.25) is 6.32 Å². The largest absolute Gasteiger partial charge is 0.602 e. The molecule has 0 spiro atoms. The number of nitrogens with zero attached hydrogens (tertiary/aromatic N) is 1. The quantitative estimate of drug-likeness (QED) is 0.268. The van der Waals surface area contributed by atoms with Gasteiger partial charge in [-0.2, -0.15) is 0 Å². The smallest absolute Gasteiger partial charge is 0.498 e. The van der Waals surface area contributed by atoms with Crippen molar-refractivity contribution in [3.63, 3.8) is 0 Å². The molecule has 0 atom stereocenters. The highest BCUT2D eigenvalue weighted by Crippen LogP contribution is 2.12. The summed E-state index contributed by atoms with van der Waals surface area (Å²) in [7, 11) is 2.33. The second-order valence-electron chi connectivity index (χ2n) is 6.65. The second-order valence-corrected chi connectivity index (χ2v) is 6.65. The molecule has 1 aliphatic rings. The molecule has 0 amide bonds. The lowest BCUT2D eigenvalue weighted by atomic mass is 9.84. The van der Waals surface area contributed by atoms with Gasteiger partial charge in [0.15, 0.2) is 0 Å². The minimum atomic E-state index is -0.884. The average molecular weight is 403 g/mol. The monoisotopic (exact) mass is 403 g/mol. The third-order valence-corrected chi connectivity index (χ3v) is 4.14. The van der Waals surface area contributed by atoms with Gasteiger partial charge in [0.1, 0.15) is 5.75 Å². The van der Waals surface area contributed by atoms with E-state index in [0.717, 1.165) is 19.3 Å². The number of methoxy groups -OCH3 is 1. The van der Waals surface area contributed by atoms with Crippen molar-refractivity contribution in [2.45, 2.75) is 25.6 Å². The van der Waals surface area contributed by atoms with Crippen molar-refractivity contribution in [2.75, 3.05) is 33.9 Å². The Morgan fingerprint density at radius 1 is 1.10 bits per heavy atom. The molecule has 1 fully saturated rings. The lowest BCUT2D eigenvalue weighted by molar-refractivity contribution is -0.145. The normalized spacial score (nSPS) is 15.4. The number of likely N-dealkylation sites (N-methyl/N-ethyl adjacent to an activating group) is 1. The predicted octanol–water partition coefficient (Wildman–Crippen LogP) is 2.10. The molecule has 29 heavy (non-hydrogen) atoms. The molecule has 0 aliphatic carbocycles. The Labute approximate surface area is 170 Å². The molecule has 0 aromatic heterocycles. The first kappa shape index (κ1) is 22.5. The highest BCUT2D eigenvalue weighted by atomic mass is 16.6. The molecule has 0 unspecified atom stereocenters. The van der Waals surface area contributed by atoms with E-state index in [9.17, 15) is 14.4 Å². The van der Waals surface area contributed by atoms with Crippen molar-refractivity contribution >= 4 is 25.0 Å². The molecule has 156 valence electrons. The average Bonchev–Trinajstić information content (AvgIpc) is 2.68. The van der Waals surface area contributed by atoms with Gasteiger partial charge in [0.2, 0.25) is 0 Å². The Morgan fingerprint density at radius 3 is 2.38 bits per heavy atom. The van der Waals surface area contributed by atoms with Gasteiger partial charge in [-0.05, 0) is 50.6 Å². The van der Waals surface area contributed by atoms with E-state index < -0.39 is 19.1 Å². The first-order chi connectivity index (χ1) is 14.0. The molecule has 0 saturated carbocycles. The Balaban J connectivity index is 1.59. The summed E-state index contributed by atoms with van der Waals surface area (Å²) in [5, 5.41) is 0. The van der Waals surface area contributed by atoms with E-state index in [1.807, 2.05) is 12.2 Å². The summed E-state index contributed by atoms with van der Waals surface area (Å²) in [5.74, 6) is -0.513. The Hall–Kier alpha value is -2.81. The van der Waals surface area contributed by atoms with Gasteiger partial charge >= 0.3 is 25.0 Å². The lowest BCUT2D eigenvalue weighted by Crippen LogP contribution is -2.42.